The van der Waals surface area contributed by atoms with Crippen LogP contribution in [0, 0.1) is 5.82 Å². The van der Waals surface area contributed by atoms with Crippen LogP contribution in [0.4, 0.5) is 4.39 Å². The zero-order valence-corrected chi connectivity index (χ0v) is 13.4. The van der Waals surface area contributed by atoms with Gasteiger partial charge < -0.3 is 9.64 Å². The van der Waals surface area contributed by atoms with Gasteiger partial charge >= 0.3 is 0 Å². The Balaban J connectivity index is 1.43. The zero-order chi connectivity index (χ0) is 16.8. The number of aromatic nitrogens is 1. The summed E-state index contributed by atoms with van der Waals surface area (Å²) in [4.78, 5) is 20.4. The molecule has 126 valence electrons. The molecule has 2 heterocycles. The standard InChI is InChI=1S/C18H20FN3O2/c19-16-4-1-5-17(11-16)24-14-18(23)22-9-7-21(8-10-22)13-15-3-2-6-20-12-15/h1-6,11-12H,7-10,13-14H2. The van der Waals surface area contributed by atoms with Crippen LogP contribution in [0.25, 0.3) is 0 Å². The van der Waals surface area contributed by atoms with Crippen molar-refractivity contribution < 1.29 is 13.9 Å². The summed E-state index contributed by atoms with van der Waals surface area (Å²) in [5.41, 5.74) is 1.17. The number of rotatable bonds is 5. The van der Waals surface area contributed by atoms with E-state index in [1.807, 2.05) is 12.3 Å². The Morgan fingerprint density at radius 1 is 1.17 bits per heavy atom. The highest BCUT2D eigenvalue weighted by molar-refractivity contribution is 5.77. The summed E-state index contributed by atoms with van der Waals surface area (Å²) in [6.45, 7) is 3.76. The van der Waals surface area contributed by atoms with Crippen molar-refractivity contribution in [2.45, 2.75) is 6.54 Å². The van der Waals surface area contributed by atoms with Crippen LogP contribution in [-0.4, -0.2) is 53.5 Å². The molecule has 1 aliphatic rings. The van der Waals surface area contributed by atoms with Crippen LogP contribution >= 0.6 is 0 Å². The molecule has 1 aliphatic heterocycles. The largest absolute Gasteiger partial charge is 0.484 e. The van der Waals surface area contributed by atoms with Gasteiger partial charge in [0.15, 0.2) is 6.61 Å². The van der Waals surface area contributed by atoms with E-state index in [1.165, 1.54) is 17.7 Å². The van der Waals surface area contributed by atoms with E-state index in [0.29, 0.717) is 18.8 Å². The maximum Gasteiger partial charge on any atom is 0.260 e. The highest BCUT2D eigenvalue weighted by Gasteiger charge is 2.21. The smallest absolute Gasteiger partial charge is 0.260 e. The average Bonchev–Trinajstić information content (AvgIpc) is 2.61. The Kier molecular flexibility index (Phi) is 5.38. The van der Waals surface area contributed by atoms with Crippen LogP contribution in [0.2, 0.25) is 0 Å². The molecule has 1 amide bonds. The van der Waals surface area contributed by atoms with Gasteiger partial charge in [0.25, 0.3) is 5.91 Å². The molecule has 5 nitrogen and oxygen atoms in total. The van der Waals surface area contributed by atoms with Gasteiger partial charge in [-0.3, -0.25) is 14.7 Å². The number of amides is 1. The van der Waals surface area contributed by atoms with Crippen LogP contribution in [0.15, 0.2) is 48.8 Å². The van der Waals surface area contributed by atoms with Crippen LogP contribution < -0.4 is 4.74 Å². The minimum Gasteiger partial charge on any atom is -0.484 e. The third-order valence-corrected chi connectivity index (χ3v) is 4.01. The van der Waals surface area contributed by atoms with Gasteiger partial charge in [-0.2, -0.15) is 0 Å². The van der Waals surface area contributed by atoms with Gasteiger partial charge in [0.1, 0.15) is 11.6 Å². The monoisotopic (exact) mass is 329 g/mol. The zero-order valence-electron chi connectivity index (χ0n) is 13.4. The van der Waals surface area contributed by atoms with E-state index in [4.69, 9.17) is 4.74 Å². The summed E-state index contributed by atoms with van der Waals surface area (Å²) in [5, 5.41) is 0. The van der Waals surface area contributed by atoms with Gasteiger partial charge in [-0.15, -0.1) is 0 Å². The van der Waals surface area contributed by atoms with E-state index in [-0.39, 0.29) is 18.3 Å². The van der Waals surface area contributed by atoms with E-state index < -0.39 is 0 Å². The molecule has 1 aromatic heterocycles. The molecule has 2 aromatic rings. The average molecular weight is 329 g/mol. The van der Waals surface area contributed by atoms with Gasteiger partial charge in [0, 0.05) is 51.2 Å². The first kappa shape index (κ1) is 16.4. The molecule has 1 fully saturated rings. The Hall–Kier alpha value is -2.47. The number of benzene rings is 1. The molecule has 0 saturated carbocycles. The van der Waals surface area contributed by atoms with E-state index in [0.717, 1.165) is 19.6 Å². The van der Waals surface area contributed by atoms with Crippen LogP contribution in [0.1, 0.15) is 5.56 Å². The van der Waals surface area contributed by atoms with Crippen LogP contribution in [-0.2, 0) is 11.3 Å². The predicted molar refractivity (Wildman–Crippen MR) is 88.0 cm³/mol. The molecule has 0 atom stereocenters. The molecule has 1 saturated heterocycles. The maximum atomic E-state index is 13.1. The van der Waals surface area contributed by atoms with E-state index in [1.54, 1.807) is 23.2 Å². The van der Waals surface area contributed by atoms with Crippen molar-refractivity contribution in [1.82, 2.24) is 14.8 Å². The van der Waals surface area contributed by atoms with Gasteiger partial charge in [0.2, 0.25) is 0 Å². The van der Waals surface area contributed by atoms with Gasteiger partial charge in [-0.25, -0.2) is 4.39 Å². The molecule has 0 aliphatic carbocycles. The fraction of sp³-hybridized carbons (Fsp3) is 0.333. The van der Waals surface area contributed by atoms with Crippen molar-refractivity contribution in [3.05, 3.63) is 60.2 Å². The number of nitrogens with zero attached hydrogens (tertiary/aromatic N) is 3. The lowest BCUT2D eigenvalue weighted by Crippen LogP contribution is -2.49. The lowest BCUT2D eigenvalue weighted by molar-refractivity contribution is -0.135. The van der Waals surface area contributed by atoms with Crippen molar-refractivity contribution >= 4 is 5.91 Å². The fourth-order valence-electron chi connectivity index (χ4n) is 2.70. The van der Waals surface area contributed by atoms with Gasteiger partial charge in [-0.1, -0.05) is 12.1 Å². The number of halogens is 1. The summed E-state index contributed by atoms with van der Waals surface area (Å²) < 4.78 is 18.5. The Bertz CT molecular complexity index is 673. The van der Waals surface area contributed by atoms with Crippen molar-refractivity contribution in [2.75, 3.05) is 32.8 Å². The van der Waals surface area contributed by atoms with Crippen LogP contribution in [0.3, 0.4) is 0 Å². The second kappa shape index (κ2) is 7.88. The third kappa shape index (κ3) is 4.52. The van der Waals surface area contributed by atoms with E-state index in [9.17, 15) is 9.18 Å². The van der Waals surface area contributed by atoms with E-state index >= 15 is 0 Å². The molecule has 0 bridgehead atoms. The topological polar surface area (TPSA) is 45.7 Å². The normalized spacial score (nSPS) is 15.3. The number of hydrogen-bond donors (Lipinski definition) is 0. The molecule has 0 N–H and O–H groups in total. The second-order valence-electron chi connectivity index (χ2n) is 5.76. The van der Waals surface area contributed by atoms with Gasteiger partial charge in [0.05, 0.1) is 0 Å². The second-order valence-corrected chi connectivity index (χ2v) is 5.76. The Morgan fingerprint density at radius 2 is 2.00 bits per heavy atom. The summed E-state index contributed by atoms with van der Waals surface area (Å²) >= 11 is 0. The molecule has 1 aromatic carbocycles. The molecular weight excluding hydrogens is 309 g/mol. The van der Waals surface area contributed by atoms with Crippen LogP contribution in [0.5, 0.6) is 5.75 Å². The number of carbonyl (C=O) groups is 1. The SMILES string of the molecule is O=C(COc1cccc(F)c1)N1CCN(Cc2cccnc2)CC1. The maximum absolute atomic E-state index is 13.1. The summed E-state index contributed by atoms with van der Waals surface area (Å²) in [7, 11) is 0. The number of ether oxygens (including phenoxy) is 1. The lowest BCUT2D eigenvalue weighted by atomic mass is 10.2. The highest BCUT2D eigenvalue weighted by Crippen LogP contribution is 2.13. The van der Waals surface area contributed by atoms with E-state index in [2.05, 4.69) is 16.0 Å². The predicted octanol–water partition coefficient (Wildman–Crippen LogP) is 1.94. The molecule has 24 heavy (non-hydrogen) atoms. The van der Waals surface area contributed by atoms with Crippen molar-refractivity contribution in [3.8, 4) is 5.75 Å². The van der Waals surface area contributed by atoms with Gasteiger partial charge in [-0.05, 0) is 23.8 Å². The molecule has 3 rings (SSSR count). The quantitative estimate of drug-likeness (QED) is 0.841. The van der Waals surface area contributed by atoms with Crippen molar-refractivity contribution in [1.29, 1.82) is 0 Å². The molecule has 0 unspecified atom stereocenters. The summed E-state index contributed by atoms with van der Waals surface area (Å²) in [5.74, 6) is -0.0668. The molecule has 6 heteroatoms. The Labute approximate surface area is 140 Å². The minimum atomic E-state index is -0.371. The van der Waals surface area contributed by atoms with Crippen molar-refractivity contribution in [2.24, 2.45) is 0 Å². The molecule has 0 spiro atoms. The third-order valence-electron chi connectivity index (χ3n) is 4.01. The Morgan fingerprint density at radius 3 is 2.71 bits per heavy atom. The minimum absolute atomic E-state index is 0.0634. The lowest BCUT2D eigenvalue weighted by Gasteiger charge is -2.34. The number of hydrogen-bond acceptors (Lipinski definition) is 4. The molecule has 0 radical (unpaired) electrons. The molecular formula is C18H20FN3O2. The summed E-state index contributed by atoms with van der Waals surface area (Å²) in [6.07, 6.45) is 3.63. The first-order chi connectivity index (χ1) is 11.7. The first-order valence-electron chi connectivity index (χ1n) is 7.98. The number of pyridine rings is 1. The van der Waals surface area contributed by atoms with Crippen molar-refractivity contribution in [3.63, 3.8) is 0 Å². The number of piperazine rings is 1. The summed E-state index contributed by atoms with van der Waals surface area (Å²) in [6, 6.07) is 9.81. The highest BCUT2D eigenvalue weighted by atomic mass is 19.1. The fourth-order valence-corrected chi connectivity index (χ4v) is 2.70. The number of carbonyl (C=O) groups excluding carboxylic acids is 1. The first-order valence-corrected chi connectivity index (χ1v) is 7.98.